The Morgan fingerprint density at radius 2 is 2.07 bits per heavy atom. The smallest absolute Gasteiger partial charge is 0.0107 e. The lowest BCUT2D eigenvalue weighted by atomic mass is 9.90. The monoisotopic (exact) mass is 198 g/mol. The van der Waals surface area contributed by atoms with Crippen molar-refractivity contribution < 1.29 is 0 Å². The van der Waals surface area contributed by atoms with Crippen molar-refractivity contribution in [2.24, 2.45) is 0 Å². The van der Waals surface area contributed by atoms with Gasteiger partial charge in [-0.25, -0.2) is 0 Å². The molecule has 2 atom stereocenters. The van der Waals surface area contributed by atoms with E-state index in [9.17, 15) is 0 Å². The second-order valence-electron chi connectivity index (χ2n) is 4.54. The average molecular weight is 198 g/mol. The Morgan fingerprint density at radius 1 is 1.29 bits per heavy atom. The highest BCUT2D eigenvalue weighted by Crippen LogP contribution is 2.22. The van der Waals surface area contributed by atoms with Crippen LogP contribution in [0.5, 0.6) is 0 Å². The Hall–Kier alpha value is -0.0800. The molecule has 0 aromatic rings. The van der Waals surface area contributed by atoms with Gasteiger partial charge in [0.1, 0.15) is 0 Å². The first kappa shape index (κ1) is 12.0. The maximum atomic E-state index is 3.65. The molecule has 1 rings (SSSR count). The summed E-state index contributed by atoms with van der Waals surface area (Å²) in [5.41, 5.74) is 0. The summed E-state index contributed by atoms with van der Waals surface area (Å²) >= 11 is 0. The van der Waals surface area contributed by atoms with Gasteiger partial charge in [-0.15, -0.1) is 0 Å². The van der Waals surface area contributed by atoms with Crippen LogP contribution in [0.25, 0.3) is 0 Å². The second-order valence-corrected chi connectivity index (χ2v) is 4.54. The van der Waals surface area contributed by atoms with Gasteiger partial charge in [-0.05, 0) is 45.8 Å². The van der Waals surface area contributed by atoms with Gasteiger partial charge >= 0.3 is 0 Å². The van der Waals surface area contributed by atoms with Crippen molar-refractivity contribution in [3.05, 3.63) is 0 Å². The number of hydrogen-bond acceptors (Lipinski definition) is 2. The van der Waals surface area contributed by atoms with E-state index < -0.39 is 0 Å². The van der Waals surface area contributed by atoms with E-state index in [1.54, 1.807) is 0 Å². The van der Waals surface area contributed by atoms with Crippen LogP contribution in [0.3, 0.4) is 0 Å². The molecule has 2 unspecified atom stereocenters. The summed E-state index contributed by atoms with van der Waals surface area (Å²) in [6.45, 7) is 6.87. The predicted octanol–water partition coefficient (Wildman–Crippen LogP) is 2.25. The standard InChI is InChI=1S/C12H26N2/c1-4-9-13-11-7-6-8-12(10-11)14(3)5-2/h11-13H,4-10H2,1-3H3. The lowest BCUT2D eigenvalue weighted by molar-refractivity contribution is 0.176. The van der Waals surface area contributed by atoms with E-state index in [4.69, 9.17) is 0 Å². The topological polar surface area (TPSA) is 15.3 Å². The van der Waals surface area contributed by atoms with E-state index in [1.807, 2.05) is 0 Å². The van der Waals surface area contributed by atoms with E-state index in [0.717, 1.165) is 12.1 Å². The first-order valence-electron chi connectivity index (χ1n) is 6.21. The largest absolute Gasteiger partial charge is 0.314 e. The van der Waals surface area contributed by atoms with Gasteiger partial charge in [-0.1, -0.05) is 20.3 Å². The predicted molar refractivity (Wildman–Crippen MR) is 62.6 cm³/mol. The highest BCUT2D eigenvalue weighted by Gasteiger charge is 2.23. The molecule has 1 saturated carbocycles. The minimum Gasteiger partial charge on any atom is -0.314 e. The molecular formula is C12H26N2. The van der Waals surface area contributed by atoms with Crippen LogP contribution in [0.4, 0.5) is 0 Å². The first-order chi connectivity index (χ1) is 6.77. The molecule has 1 N–H and O–H groups in total. The molecular weight excluding hydrogens is 172 g/mol. The number of nitrogens with one attached hydrogen (secondary N) is 1. The fourth-order valence-electron chi connectivity index (χ4n) is 2.36. The van der Waals surface area contributed by atoms with Crippen molar-refractivity contribution in [1.82, 2.24) is 10.2 Å². The molecule has 0 aromatic heterocycles. The van der Waals surface area contributed by atoms with E-state index in [0.29, 0.717) is 0 Å². The molecule has 1 fully saturated rings. The lowest BCUT2D eigenvalue weighted by Gasteiger charge is -2.35. The third kappa shape index (κ3) is 3.58. The van der Waals surface area contributed by atoms with Gasteiger partial charge in [0.05, 0.1) is 0 Å². The molecule has 2 nitrogen and oxygen atoms in total. The van der Waals surface area contributed by atoms with Crippen molar-refractivity contribution in [3.63, 3.8) is 0 Å². The quantitative estimate of drug-likeness (QED) is 0.729. The van der Waals surface area contributed by atoms with Crippen molar-refractivity contribution in [2.75, 3.05) is 20.1 Å². The van der Waals surface area contributed by atoms with Crippen LogP contribution in [-0.2, 0) is 0 Å². The van der Waals surface area contributed by atoms with Crippen molar-refractivity contribution in [2.45, 2.75) is 58.0 Å². The molecule has 0 saturated heterocycles. The Morgan fingerprint density at radius 3 is 2.71 bits per heavy atom. The molecule has 1 aliphatic carbocycles. The zero-order valence-electron chi connectivity index (χ0n) is 10.1. The SMILES string of the molecule is CCCNC1CCCC(N(C)CC)C1. The van der Waals surface area contributed by atoms with Gasteiger partial charge in [0, 0.05) is 12.1 Å². The number of rotatable bonds is 5. The van der Waals surface area contributed by atoms with Crippen molar-refractivity contribution in [1.29, 1.82) is 0 Å². The highest BCUT2D eigenvalue weighted by molar-refractivity contribution is 4.82. The Bertz CT molecular complexity index is 147. The van der Waals surface area contributed by atoms with Crippen molar-refractivity contribution in [3.8, 4) is 0 Å². The molecule has 0 spiro atoms. The zero-order valence-corrected chi connectivity index (χ0v) is 10.1. The normalized spacial score (nSPS) is 28.3. The molecule has 0 amide bonds. The second kappa shape index (κ2) is 6.41. The van der Waals surface area contributed by atoms with Crippen LogP contribution >= 0.6 is 0 Å². The Kier molecular flexibility index (Phi) is 5.49. The third-order valence-corrected chi connectivity index (χ3v) is 3.45. The molecule has 0 radical (unpaired) electrons. The Balaban J connectivity index is 2.28. The summed E-state index contributed by atoms with van der Waals surface area (Å²) in [7, 11) is 2.26. The van der Waals surface area contributed by atoms with Crippen LogP contribution in [0.2, 0.25) is 0 Å². The lowest BCUT2D eigenvalue weighted by Crippen LogP contribution is -2.42. The van der Waals surface area contributed by atoms with E-state index in [1.165, 1.54) is 45.2 Å². The van der Waals surface area contributed by atoms with Gasteiger partial charge in [0.15, 0.2) is 0 Å². The van der Waals surface area contributed by atoms with Gasteiger partial charge in [-0.2, -0.15) is 0 Å². The van der Waals surface area contributed by atoms with Gasteiger partial charge in [0.2, 0.25) is 0 Å². The Labute approximate surface area is 89.1 Å². The molecule has 0 bridgehead atoms. The highest BCUT2D eigenvalue weighted by atomic mass is 15.1. The summed E-state index contributed by atoms with van der Waals surface area (Å²) < 4.78 is 0. The molecule has 84 valence electrons. The zero-order chi connectivity index (χ0) is 10.4. The number of hydrogen-bond donors (Lipinski definition) is 1. The minimum atomic E-state index is 0.780. The third-order valence-electron chi connectivity index (χ3n) is 3.45. The van der Waals surface area contributed by atoms with E-state index >= 15 is 0 Å². The average Bonchev–Trinajstić information content (AvgIpc) is 2.25. The molecule has 14 heavy (non-hydrogen) atoms. The van der Waals surface area contributed by atoms with Crippen LogP contribution in [0.15, 0.2) is 0 Å². The fourth-order valence-corrected chi connectivity index (χ4v) is 2.36. The summed E-state index contributed by atoms with van der Waals surface area (Å²) in [4.78, 5) is 2.50. The molecule has 0 heterocycles. The van der Waals surface area contributed by atoms with Gasteiger partial charge in [-0.3, -0.25) is 0 Å². The van der Waals surface area contributed by atoms with Crippen LogP contribution < -0.4 is 5.32 Å². The summed E-state index contributed by atoms with van der Waals surface area (Å²) in [6.07, 6.45) is 6.79. The summed E-state index contributed by atoms with van der Waals surface area (Å²) in [5, 5.41) is 3.65. The molecule has 2 heteroatoms. The first-order valence-corrected chi connectivity index (χ1v) is 6.21. The van der Waals surface area contributed by atoms with Gasteiger partial charge in [0.25, 0.3) is 0 Å². The summed E-state index contributed by atoms with van der Waals surface area (Å²) in [5.74, 6) is 0. The molecule has 0 aliphatic heterocycles. The van der Waals surface area contributed by atoms with Crippen LogP contribution in [0, 0.1) is 0 Å². The number of nitrogens with zero attached hydrogens (tertiary/aromatic N) is 1. The van der Waals surface area contributed by atoms with Crippen molar-refractivity contribution >= 4 is 0 Å². The van der Waals surface area contributed by atoms with Crippen LogP contribution in [0.1, 0.15) is 46.0 Å². The van der Waals surface area contributed by atoms with E-state index in [-0.39, 0.29) is 0 Å². The fraction of sp³-hybridized carbons (Fsp3) is 1.00. The molecule has 1 aliphatic rings. The van der Waals surface area contributed by atoms with Gasteiger partial charge < -0.3 is 10.2 Å². The summed E-state index contributed by atoms with van der Waals surface area (Å²) in [6, 6.07) is 1.60. The minimum absolute atomic E-state index is 0.780. The maximum Gasteiger partial charge on any atom is 0.0107 e. The maximum absolute atomic E-state index is 3.65. The van der Waals surface area contributed by atoms with Crippen LogP contribution in [-0.4, -0.2) is 37.1 Å². The van der Waals surface area contributed by atoms with E-state index in [2.05, 4.69) is 31.1 Å². The molecule has 0 aromatic carbocycles.